The Balaban J connectivity index is 2.04. The van der Waals surface area contributed by atoms with Gasteiger partial charge in [0.25, 0.3) is 5.91 Å². The summed E-state index contributed by atoms with van der Waals surface area (Å²) in [6, 6.07) is 6.04. The fourth-order valence-corrected chi connectivity index (χ4v) is 3.67. The molecular formula is C22H33NO4. The average molecular weight is 376 g/mol. The summed E-state index contributed by atoms with van der Waals surface area (Å²) in [6.45, 7) is 4.43. The zero-order valence-electron chi connectivity index (χ0n) is 17.0. The molecule has 5 nitrogen and oxygen atoms in total. The summed E-state index contributed by atoms with van der Waals surface area (Å²) in [5.41, 5.74) is 2.19. The first-order chi connectivity index (χ1) is 13.0. The number of carbonyl (C=O) groups excluding carboxylic acids is 2. The number of aryl methyl sites for hydroxylation is 1. The molecular weight excluding hydrogens is 342 g/mol. The molecule has 1 aliphatic carbocycles. The van der Waals surface area contributed by atoms with E-state index in [9.17, 15) is 9.59 Å². The fourth-order valence-electron chi connectivity index (χ4n) is 3.67. The van der Waals surface area contributed by atoms with Gasteiger partial charge in [0.2, 0.25) is 0 Å². The van der Waals surface area contributed by atoms with Gasteiger partial charge in [-0.1, -0.05) is 44.2 Å². The number of amides is 1. The lowest BCUT2D eigenvalue weighted by Crippen LogP contribution is -2.44. The van der Waals surface area contributed by atoms with Crippen LogP contribution in [0.15, 0.2) is 18.2 Å². The largest absolute Gasteiger partial charge is 0.483 e. The van der Waals surface area contributed by atoms with Crippen LogP contribution in [0.4, 0.5) is 0 Å². The van der Waals surface area contributed by atoms with Crippen molar-refractivity contribution in [2.45, 2.75) is 71.3 Å². The monoisotopic (exact) mass is 375 g/mol. The number of esters is 1. The highest BCUT2D eigenvalue weighted by atomic mass is 16.5. The summed E-state index contributed by atoms with van der Waals surface area (Å²) in [7, 11) is 1.38. The second-order valence-corrected chi connectivity index (χ2v) is 7.40. The minimum Gasteiger partial charge on any atom is -0.483 e. The summed E-state index contributed by atoms with van der Waals surface area (Å²) >= 11 is 0. The molecule has 0 heterocycles. The quantitative estimate of drug-likeness (QED) is 0.671. The van der Waals surface area contributed by atoms with E-state index in [4.69, 9.17) is 9.47 Å². The Hall–Kier alpha value is -2.04. The molecule has 150 valence electrons. The van der Waals surface area contributed by atoms with E-state index < -0.39 is 0 Å². The number of carbonyl (C=O) groups is 2. The molecule has 1 saturated carbocycles. The van der Waals surface area contributed by atoms with Crippen molar-refractivity contribution in [2.24, 2.45) is 0 Å². The third kappa shape index (κ3) is 6.56. The van der Waals surface area contributed by atoms with Crippen molar-refractivity contribution in [3.05, 3.63) is 29.3 Å². The minimum atomic E-state index is -0.283. The number of hydrogen-bond donors (Lipinski definition) is 0. The maximum Gasteiger partial charge on any atom is 0.307 e. The molecule has 0 bridgehead atoms. The molecule has 0 saturated heterocycles. The number of rotatable bonds is 7. The Morgan fingerprint density at radius 3 is 2.41 bits per heavy atom. The van der Waals surface area contributed by atoms with Gasteiger partial charge in [-0.15, -0.1) is 0 Å². The molecule has 27 heavy (non-hydrogen) atoms. The Kier molecular flexibility index (Phi) is 8.62. The maximum atomic E-state index is 13.0. The molecule has 0 atom stereocenters. The van der Waals surface area contributed by atoms with Crippen molar-refractivity contribution >= 4 is 11.9 Å². The van der Waals surface area contributed by atoms with Gasteiger partial charge in [0, 0.05) is 12.6 Å². The van der Waals surface area contributed by atoms with Gasteiger partial charge in [-0.25, -0.2) is 0 Å². The van der Waals surface area contributed by atoms with E-state index in [2.05, 4.69) is 0 Å². The van der Waals surface area contributed by atoms with E-state index in [1.165, 1.54) is 26.4 Å². The standard InChI is InChI=1S/C22H33NO4/c1-17-10-9-13-20(18(17)2)27-16-21(24)23(15-14-22(25)26-3)19-11-7-5-4-6-8-12-19/h9-10,13,19H,4-8,11-12,14-16H2,1-3H3. The third-order valence-corrected chi connectivity index (χ3v) is 5.53. The van der Waals surface area contributed by atoms with Crippen molar-refractivity contribution in [1.29, 1.82) is 0 Å². The van der Waals surface area contributed by atoms with Gasteiger partial charge in [0.15, 0.2) is 6.61 Å². The molecule has 1 aromatic rings. The molecule has 0 unspecified atom stereocenters. The molecule has 1 fully saturated rings. The van der Waals surface area contributed by atoms with E-state index in [1.54, 1.807) is 0 Å². The van der Waals surface area contributed by atoms with Crippen LogP contribution in [0.1, 0.15) is 62.5 Å². The van der Waals surface area contributed by atoms with Gasteiger partial charge in [-0.3, -0.25) is 9.59 Å². The van der Waals surface area contributed by atoms with E-state index in [1.807, 2.05) is 36.9 Å². The fraction of sp³-hybridized carbons (Fsp3) is 0.636. The Labute approximate surface area is 163 Å². The van der Waals surface area contributed by atoms with Gasteiger partial charge in [0.05, 0.1) is 13.5 Å². The highest BCUT2D eigenvalue weighted by Gasteiger charge is 2.25. The van der Waals surface area contributed by atoms with Crippen LogP contribution in [0.5, 0.6) is 5.75 Å². The molecule has 0 aromatic heterocycles. The van der Waals surface area contributed by atoms with Crippen LogP contribution >= 0.6 is 0 Å². The predicted octanol–water partition coefficient (Wildman–Crippen LogP) is 4.19. The van der Waals surface area contributed by atoms with E-state index in [0.717, 1.165) is 42.6 Å². The smallest absolute Gasteiger partial charge is 0.307 e. The second kappa shape index (κ2) is 11.0. The van der Waals surface area contributed by atoms with Crippen LogP contribution in [0.2, 0.25) is 0 Å². The molecule has 0 spiro atoms. The number of nitrogens with zero attached hydrogens (tertiary/aromatic N) is 1. The zero-order valence-corrected chi connectivity index (χ0v) is 17.0. The van der Waals surface area contributed by atoms with Gasteiger partial charge in [-0.2, -0.15) is 0 Å². The lowest BCUT2D eigenvalue weighted by atomic mass is 9.95. The minimum absolute atomic E-state index is 0.00195. The number of ether oxygens (including phenoxy) is 2. The summed E-state index contributed by atoms with van der Waals surface area (Å²) in [6.07, 6.45) is 8.19. The SMILES string of the molecule is COC(=O)CCN(C(=O)COc1cccc(C)c1C)C1CCCCCCC1. The van der Waals surface area contributed by atoms with Gasteiger partial charge in [0.1, 0.15) is 5.75 Å². The molecule has 5 heteroatoms. The summed E-state index contributed by atoms with van der Waals surface area (Å²) < 4.78 is 10.6. The first-order valence-corrected chi connectivity index (χ1v) is 10.1. The van der Waals surface area contributed by atoms with Gasteiger partial charge >= 0.3 is 5.97 Å². The Morgan fingerprint density at radius 1 is 1.07 bits per heavy atom. The highest BCUT2D eigenvalue weighted by Crippen LogP contribution is 2.23. The maximum absolute atomic E-state index is 13.0. The van der Waals surface area contributed by atoms with Gasteiger partial charge in [-0.05, 0) is 43.9 Å². The Bertz CT molecular complexity index is 621. The topological polar surface area (TPSA) is 55.8 Å². The van der Waals surface area contributed by atoms with E-state index in [-0.39, 0.29) is 30.9 Å². The summed E-state index contributed by atoms with van der Waals surface area (Å²) in [4.78, 5) is 26.4. The summed E-state index contributed by atoms with van der Waals surface area (Å²) in [5.74, 6) is 0.411. The van der Waals surface area contributed by atoms with Crippen molar-refractivity contribution in [3.63, 3.8) is 0 Å². The van der Waals surface area contributed by atoms with E-state index in [0.29, 0.717) is 6.54 Å². The van der Waals surface area contributed by atoms with Crippen LogP contribution < -0.4 is 4.74 Å². The average Bonchev–Trinajstić information content (AvgIpc) is 2.64. The van der Waals surface area contributed by atoms with Crippen LogP contribution in [0, 0.1) is 13.8 Å². The molecule has 0 N–H and O–H groups in total. The number of methoxy groups -OCH3 is 1. The lowest BCUT2D eigenvalue weighted by molar-refractivity contribution is -0.143. The highest BCUT2D eigenvalue weighted by molar-refractivity contribution is 5.79. The molecule has 1 amide bonds. The first kappa shape index (κ1) is 21.3. The lowest BCUT2D eigenvalue weighted by Gasteiger charge is -2.33. The number of hydrogen-bond acceptors (Lipinski definition) is 4. The van der Waals surface area contributed by atoms with Crippen LogP contribution in [0.25, 0.3) is 0 Å². The van der Waals surface area contributed by atoms with Crippen molar-refractivity contribution in [1.82, 2.24) is 4.90 Å². The van der Waals surface area contributed by atoms with Crippen molar-refractivity contribution < 1.29 is 19.1 Å². The van der Waals surface area contributed by atoms with Crippen LogP contribution in [-0.4, -0.2) is 43.1 Å². The third-order valence-electron chi connectivity index (χ3n) is 5.53. The molecule has 0 radical (unpaired) electrons. The molecule has 2 rings (SSSR count). The predicted molar refractivity (Wildman–Crippen MR) is 106 cm³/mol. The van der Waals surface area contributed by atoms with Crippen molar-refractivity contribution in [2.75, 3.05) is 20.3 Å². The summed E-state index contributed by atoms with van der Waals surface area (Å²) in [5, 5.41) is 0. The van der Waals surface area contributed by atoms with Crippen molar-refractivity contribution in [3.8, 4) is 5.75 Å². The van der Waals surface area contributed by atoms with Gasteiger partial charge < -0.3 is 14.4 Å². The first-order valence-electron chi connectivity index (χ1n) is 10.1. The Morgan fingerprint density at radius 2 is 1.74 bits per heavy atom. The second-order valence-electron chi connectivity index (χ2n) is 7.40. The van der Waals surface area contributed by atoms with E-state index >= 15 is 0 Å². The molecule has 1 aromatic carbocycles. The van der Waals surface area contributed by atoms with Crippen LogP contribution in [-0.2, 0) is 14.3 Å². The zero-order chi connectivity index (χ0) is 19.6. The van der Waals surface area contributed by atoms with Crippen LogP contribution in [0.3, 0.4) is 0 Å². The normalized spacial score (nSPS) is 15.5. The molecule has 1 aliphatic rings. The molecule has 0 aliphatic heterocycles. The number of benzene rings is 1.